The lowest BCUT2D eigenvalue weighted by Crippen LogP contribution is -1.82. The second-order valence-electron chi connectivity index (χ2n) is 2.61. The molecule has 1 aromatic heterocycles. The molecule has 3 heteroatoms. The standard InChI is InChI=1S/C10H9NOS/c1-13-12-9-6-8-4-2-3-5-10(8)11-7-9/h2-7H,1H3. The van der Waals surface area contributed by atoms with Crippen LogP contribution in [0.4, 0.5) is 0 Å². The summed E-state index contributed by atoms with van der Waals surface area (Å²) < 4.78 is 5.27. The van der Waals surface area contributed by atoms with Gasteiger partial charge in [0.15, 0.2) is 5.75 Å². The van der Waals surface area contributed by atoms with Crippen LogP contribution in [0.2, 0.25) is 0 Å². The number of benzene rings is 1. The molecule has 0 atom stereocenters. The van der Waals surface area contributed by atoms with E-state index in [-0.39, 0.29) is 0 Å². The van der Waals surface area contributed by atoms with Gasteiger partial charge >= 0.3 is 0 Å². The van der Waals surface area contributed by atoms with E-state index < -0.39 is 0 Å². The molecule has 0 aliphatic rings. The highest BCUT2D eigenvalue weighted by Crippen LogP contribution is 2.19. The third-order valence-corrected chi connectivity index (χ3v) is 2.10. The SMILES string of the molecule is CSOc1cnc2ccccc2c1. The van der Waals surface area contributed by atoms with E-state index in [4.69, 9.17) is 4.18 Å². The van der Waals surface area contributed by atoms with Gasteiger partial charge in [-0.1, -0.05) is 18.2 Å². The quantitative estimate of drug-likeness (QED) is 0.681. The number of rotatable bonds is 2. The zero-order chi connectivity index (χ0) is 9.10. The molecular weight excluding hydrogens is 182 g/mol. The number of hydrogen-bond donors (Lipinski definition) is 0. The Morgan fingerprint density at radius 1 is 1.31 bits per heavy atom. The number of pyridine rings is 1. The van der Waals surface area contributed by atoms with Crippen molar-refractivity contribution in [1.29, 1.82) is 0 Å². The van der Waals surface area contributed by atoms with E-state index in [0.29, 0.717) is 0 Å². The maximum Gasteiger partial charge on any atom is 0.156 e. The zero-order valence-corrected chi connectivity index (χ0v) is 8.04. The van der Waals surface area contributed by atoms with Gasteiger partial charge in [0, 0.05) is 11.6 Å². The predicted molar refractivity (Wildman–Crippen MR) is 55.9 cm³/mol. The second-order valence-corrected chi connectivity index (χ2v) is 3.11. The van der Waals surface area contributed by atoms with Gasteiger partial charge in [-0.05, 0) is 12.1 Å². The first-order chi connectivity index (χ1) is 6.40. The van der Waals surface area contributed by atoms with Gasteiger partial charge in [0.25, 0.3) is 0 Å². The minimum Gasteiger partial charge on any atom is -0.424 e. The van der Waals surface area contributed by atoms with Gasteiger partial charge in [-0.2, -0.15) is 0 Å². The molecule has 66 valence electrons. The monoisotopic (exact) mass is 191 g/mol. The normalized spacial score (nSPS) is 10.2. The van der Waals surface area contributed by atoms with Gasteiger partial charge in [-0.25, -0.2) is 0 Å². The average molecular weight is 191 g/mol. The van der Waals surface area contributed by atoms with E-state index in [0.717, 1.165) is 16.7 Å². The lowest BCUT2D eigenvalue weighted by molar-refractivity contribution is 0.648. The van der Waals surface area contributed by atoms with Crippen molar-refractivity contribution in [2.75, 3.05) is 6.26 Å². The molecule has 13 heavy (non-hydrogen) atoms. The molecule has 0 amide bonds. The lowest BCUT2D eigenvalue weighted by atomic mass is 10.2. The van der Waals surface area contributed by atoms with Crippen LogP contribution in [0.5, 0.6) is 5.75 Å². The molecule has 0 spiro atoms. The van der Waals surface area contributed by atoms with Crippen LogP contribution < -0.4 is 4.18 Å². The number of fused-ring (bicyclic) bond motifs is 1. The fourth-order valence-corrected chi connectivity index (χ4v) is 1.48. The highest BCUT2D eigenvalue weighted by atomic mass is 32.2. The Bertz CT molecular complexity index is 416. The van der Waals surface area contributed by atoms with Gasteiger partial charge in [0.2, 0.25) is 0 Å². The fraction of sp³-hybridized carbons (Fsp3) is 0.100. The van der Waals surface area contributed by atoms with Crippen LogP contribution >= 0.6 is 12.0 Å². The summed E-state index contributed by atoms with van der Waals surface area (Å²) in [5.41, 5.74) is 0.996. The summed E-state index contributed by atoms with van der Waals surface area (Å²) in [5, 5.41) is 1.11. The fourth-order valence-electron chi connectivity index (χ4n) is 1.19. The maximum atomic E-state index is 5.27. The molecule has 1 heterocycles. The summed E-state index contributed by atoms with van der Waals surface area (Å²) in [7, 11) is 0. The summed E-state index contributed by atoms with van der Waals surface area (Å²) >= 11 is 1.32. The van der Waals surface area contributed by atoms with Gasteiger partial charge in [-0.3, -0.25) is 4.98 Å². The highest BCUT2D eigenvalue weighted by Gasteiger charge is 1.96. The molecule has 0 radical (unpaired) electrons. The summed E-state index contributed by atoms with van der Waals surface area (Å²) in [6.45, 7) is 0. The third-order valence-electron chi connectivity index (χ3n) is 1.74. The molecule has 1 aromatic carbocycles. The van der Waals surface area contributed by atoms with E-state index in [9.17, 15) is 0 Å². The third kappa shape index (κ3) is 1.75. The van der Waals surface area contributed by atoms with E-state index >= 15 is 0 Å². The van der Waals surface area contributed by atoms with Crippen LogP contribution in [0.15, 0.2) is 36.5 Å². The van der Waals surface area contributed by atoms with Crippen LogP contribution in [-0.4, -0.2) is 11.2 Å². The van der Waals surface area contributed by atoms with Crippen LogP contribution in [0.3, 0.4) is 0 Å². The van der Waals surface area contributed by atoms with Gasteiger partial charge < -0.3 is 4.18 Å². The molecule has 0 saturated carbocycles. The number of nitrogens with zero attached hydrogens (tertiary/aromatic N) is 1. The molecule has 0 fully saturated rings. The Kier molecular flexibility index (Phi) is 2.36. The number of para-hydroxylation sites is 1. The lowest BCUT2D eigenvalue weighted by Gasteiger charge is -2.01. The zero-order valence-electron chi connectivity index (χ0n) is 7.23. The molecule has 0 bridgehead atoms. The van der Waals surface area contributed by atoms with Gasteiger partial charge in [0.05, 0.1) is 23.8 Å². The topological polar surface area (TPSA) is 22.1 Å². The summed E-state index contributed by atoms with van der Waals surface area (Å²) in [6, 6.07) is 9.96. The van der Waals surface area contributed by atoms with Crippen molar-refractivity contribution in [3.8, 4) is 5.75 Å². The second kappa shape index (κ2) is 3.66. The van der Waals surface area contributed by atoms with Gasteiger partial charge in [-0.15, -0.1) is 0 Å². The Labute approximate surface area is 81.1 Å². The van der Waals surface area contributed by atoms with Crippen molar-refractivity contribution in [2.45, 2.75) is 0 Å². The minimum absolute atomic E-state index is 0.797. The molecule has 0 aliphatic carbocycles. The highest BCUT2D eigenvalue weighted by molar-refractivity contribution is 7.94. The van der Waals surface area contributed by atoms with E-state index in [1.807, 2.05) is 36.6 Å². The molecule has 0 aliphatic heterocycles. The van der Waals surface area contributed by atoms with Crippen LogP contribution in [0.1, 0.15) is 0 Å². The number of hydrogen-bond acceptors (Lipinski definition) is 3. The van der Waals surface area contributed by atoms with E-state index in [2.05, 4.69) is 4.98 Å². The smallest absolute Gasteiger partial charge is 0.156 e. The van der Waals surface area contributed by atoms with Crippen molar-refractivity contribution >= 4 is 22.9 Å². The molecule has 0 unspecified atom stereocenters. The Morgan fingerprint density at radius 2 is 2.15 bits per heavy atom. The first-order valence-corrected chi connectivity index (χ1v) is 5.10. The molecule has 2 aromatic rings. The first kappa shape index (κ1) is 8.38. The molecule has 2 nitrogen and oxygen atoms in total. The van der Waals surface area contributed by atoms with Crippen molar-refractivity contribution < 1.29 is 4.18 Å². The van der Waals surface area contributed by atoms with Crippen molar-refractivity contribution in [3.05, 3.63) is 36.5 Å². The van der Waals surface area contributed by atoms with Crippen LogP contribution in [-0.2, 0) is 0 Å². The summed E-state index contributed by atoms with van der Waals surface area (Å²) in [5.74, 6) is 0.797. The predicted octanol–water partition coefficient (Wildman–Crippen LogP) is 2.89. The Balaban J connectivity index is 2.49. The summed E-state index contributed by atoms with van der Waals surface area (Å²) in [6.07, 6.45) is 3.62. The molecule has 2 rings (SSSR count). The largest absolute Gasteiger partial charge is 0.424 e. The number of aromatic nitrogens is 1. The molecular formula is C10H9NOS. The minimum atomic E-state index is 0.797. The van der Waals surface area contributed by atoms with Gasteiger partial charge in [0.1, 0.15) is 0 Å². The molecule has 0 N–H and O–H groups in total. The maximum absolute atomic E-state index is 5.27. The Hall–Kier alpha value is -1.22. The average Bonchev–Trinajstić information content (AvgIpc) is 2.18. The van der Waals surface area contributed by atoms with Crippen molar-refractivity contribution in [3.63, 3.8) is 0 Å². The first-order valence-electron chi connectivity index (χ1n) is 3.95. The van der Waals surface area contributed by atoms with Crippen LogP contribution in [0.25, 0.3) is 10.9 Å². The van der Waals surface area contributed by atoms with E-state index in [1.54, 1.807) is 6.20 Å². The van der Waals surface area contributed by atoms with E-state index in [1.165, 1.54) is 12.0 Å². The Morgan fingerprint density at radius 3 is 3.00 bits per heavy atom. The van der Waals surface area contributed by atoms with Crippen molar-refractivity contribution in [1.82, 2.24) is 4.98 Å². The van der Waals surface area contributed by atoms with Crippen LogP contribution in [0, 0.1) is 0 Å². The molecule has 0 saturated heterocycles. The summed E-state index contributed by atoms with van der Waals surface area (Å²) in [4.78, 5) is 4.26. The van der Waals surface area contributed by atoms with Crippen molar-refractivity contribution in [2.24, 2.45) is 0 Å².